The average Bonchev–Trinajstić information content (AvgIpc) is 2.77. The van der Waals surface area contributed by atoms with Gasteiger partial charge in [0, 0.05) is 0 Å². The number of hydrogen-bond acceptors (Lipinski definition) is 0. The van der Waals surface area contributed by atoms with Gasteiger partial charge in [-0.1, -0.05) is 99.2 Å². The first-order valence-electron chi connectivity index (χ1n) is 9.25. The van der Waals surface area contributed by atoms with Crippen molar-refractivity contribution in [2.24, 2.45) is 0 Å². The predicted molar refractivity (Wildman–Crippen MR) is 128 cm³/mol. The molecule has 0 aliphatic carbocycles. The van der Waals surface area contributed by atoms with Crippen molar-refractivity contribution < 1.29 is 0 Å². The fourth-order valence-corrected chi connectivity index (χ4v) is 3.30. The van der Waals surface area contributed by atoms with E-state index >= 15 is 0 Å². The molecule has 0 spiro atoms. The first-order valence-corrected chi connectivity index (χ1v) is 9.25. The summed E-state index contributed by atoms with van der Waals surface area (Å²) in [5, 5.41) is 4.96. The van der Waals surface area contributed by atoms with Crippen LogP contribution in [0.5, 0.6) is 0 Å². The highest BCUT2D eigenvalue weighted by molar-refractivity contribution is 5.93. The van der Waals surface area contributed by atoms with Crippen molar-refractivity contribution in [2.45, 2.75) is 0 Å². The van der Waals surface area contributed by atoms with Crippen molar-refractivity contribution in [3.8, 4) is 0 Å². The number of rotatable bonds is 4. The molecule has 0 heterocycles. The maximum atomic E-state index is 3.82. The Bertz CT molecular complexity index is 1080. The third-order valence-corrected chi connectivity index (χ3v) is 4.74. The number of fused-ring (bicyclic) bond motifs is 2. The summed E-state index contributed by atoms with van der Waals surface area (Å²) in [6.07, 6.45) is 7.49. The van der Waals surface area contributed by atoms with Gasteiger partial charge in [-0.25, -0.2) is 0 Å². The van der Waals surface area contributed by atoms with Crippen molar-refractivity contribution in [1.29, 1.82) is 0 Å². The van der Waals surface area contributed by atoms with Crippen LogP contribution in [0.3, 0.4) is 0 Å². The zero-order valence-corrected chi connectivity index (χ0v) is 16.1. The summed E-state index contributed by atoms with van der Waals surface area (Å²) < 4.78 is 0. The minimum atomic E-state index is 1.14. The Morgan fingerprint density at radius 2 is 0.857 bits per heavy atom. The third-order valence-electron chi connectivity index (χ3n) is 4.74. The Morgan fingerprint density at radius 1 is 0.464 bits per heavy atom. The largest absolute Gasteiger partial charge is 0.0985 e. The second kappa shape index (κ2) is 8.83. The van der Waals surface area contributed by atoms with Gasteiger partial charge in [0.15, 0.2) is 0 Å². The van der Waals surface area contributed by atoms with Gasteiger partial charge in [0.25, 0.3) is 0 Å². The Hall–Kier alpha value is -3.64. The Kier molecular flexibility index (Phi) is 6.04. The van der Waals surface area contributed by atoms with E-state index in [1.54, 1.807) is 0 Å². The monoisotopic (exact) mass is 360 g/mol. The van der Waals surface area contributed by atoms with Crippen LogP contribution >= 0.6 is 0 Å². The Balaban J connectivity index is 0.000000161. The standard InChI is InChI=1S/2C14H12/c2*1-3-11-9-12(4-2)14-8-6-5-7-13(14)10-11/h2*3-10H,1-2H2. The molecule has 0 bridgehead atoms. The molecule has 0 saturated heterocycles. The van der Waals surface area contributed by atoms with Crippen LogP contribution in [0.15, 0.2) is 99.1 Å². The molecular weight excluding hydrogens is 336 g/mol. The SMILES string of the molecule is C=Cc1cc(C=C)c2ccccc2c1.C=Cc1cc(C=C)c2ccccc2c1. The van der Waals surface area contributed by atoms with Gasteiger partial charge >= 0.3 is 0 Å². The lowest BCUT2D eigenvalue weighted by molar-refractivity contribution is 1.68. The minimum Gasteiger partial charge on any atom is -0.0985 e. The third kappa shape index (κ3) is 4.02. The van der Waals surface area contributed by atoms with E-state index in [0.717, 1.165) is 22.3 Å². The fraction of sp³-hybridized carbons (Fsp3) is 0. The van der Waals surface area contributed by atoms with Crippen LogP contribution in [0, 0.1) is 0 Å². The van der Waals surface area contributed by atoms with E-state index in [1.165, 1.54) is 21.5 Å². The van der Waals surface area contributed by atoms with Crippen molar-refractivity contribution in [1.82, 2.24) is 0 Å². The quantitative estimate of drug-likeness (QED) is 0.343. The molecule has 0 saturated carbocycles. The highest BCUT2D eigenvalue weighted by Crippen LogP contribution is 2.23. The Morgan fingerprint density at radius 3 is 1.21 bits per heavy atom. The smallest absolute Gasteiger partial charge is 0.0111 e. The average molecular weight is 361 g/mol. The van der Waals surface area contributed by atoms with E-state index in [9.17, 15) is 0 Å². The van der Waals surface area contributed by atoms with Crippen molar-refractivity contribution in [2.75, 3.05) is 0 Å². The van der Waals surface area contributed by atoms with Crippen LogP contribution in [-0.4, -0.2) is 0 Å². The van der Waals surface area contributed by atoms with Gasteiger partial charge < -0.3 is 0 Å². The molecule has 0 aliphatic rings. The molecule has 0 unspecified atom stereocenters. The fourth-order valence-electron chi connectivity index (χ4n) is 3.30. The van der Waals surface area contributed by atoms with Crippen molar-refractivity contribution in [3.05, 3.63) is 121 Å². The van der Waals surface area contributed by atoms with Crippen LogP contribution in [-0.2, 0) is 0 Å². The van der Waals surface area contributed by atoms with E-state index in [2.05, 4.69) is 74.8 Å². The molecule has 0 amide bonds. The molecular formula is C28H24. The van der Waals surface area contributed by atoms with Crippen LogP contribution in [0.1, 0.15) is 22.3 Å². The molecule has 4 rings (SSSR count). The maximum absolute atomic E-state index is 3.82. The van der Waals surface area contributed by atoms with Crippen molar-refractivity contribution in [3.63, 3.8) is 0 Å². The molecule has 0 N–H and O–H groups in total. The highest BCUT2D eigenvalue weighted by Gasteiger charge is 1.99. The zero-order valence-electron chi connectivity index (χ0n) is 16.1. The van der Waals surface area contributed by atoms with Gasteiger partial charge in [0.1, 0.15) is 0 Å². The molecule has 4 aromatic rings. The lowest BCUT2D eigenvalue weighted by Gasteiger charge is -2.04. The minimum absolute atomic E-state index is 1.14. The summed E-state index contributed by atoms with van der Waals surface area (Å²) in [6.45, 7) is 15.2. The second-order valence-corrected chi connectivity index (χ2v) is 6.48. The summed E-state index contributed by atoms with van der Waals surface area (Å²) in [5.41, 5.74) is 4.60. The van der Waals surface area contributed by atoms with Gasteiger partial charge in [-0.2, -0.15) is 0 Å². The molecule has 0 fully saturated rings. The van der Waals surface area contributed by atoms with Crippen LogP contribution < -0.4 is 0 Å². The van der Waals surface area contributed by atoms with Crippen molar-refractivity contribution >= 4 is 45.8 Å². The molecule has 0 aliphatic heterocycles. The Labute approximate surface area is 167 Å². The van der Waals surface area contributed by atoms with Gasteiger partial charge in [-0.05, 0) is 68.1 Å². The van der Waals surface area contributed by atoms with Crippen LogP contribution in [0.2, 0.25) is 0 Å². The number of hydrogen-bond donors (Lipinski definition) is 0. The lowest BCUT2D eigenvalue weighted by Crippen LogP contribution is -1.80. The highest BCUT2D eigenvalue weighted by atomic mass is 14.0. The molecule has 0 aromatic heterocycles. The first kappa shape index (κ1) is 19.1. The summed E-state index contributed by atoms with van der Waals surface area (Å²) in [7, 11) is 0. The number of benzene rings is 4. The summed E-state index contributed by atoms with van der Waals surface area (Å²) in [6, 6.07) is 25.1. The van der Waals surface area contributed by atoms with Crippen LogP contribution in [0.25, 0.3) is 45.8 Å². The van der Waals surface area contributed by atoms with Gasteiger partial charge in [0.05, 0.1) is 0 Å². The molecule has 0 radical (unpaired) electrons. The van der Waals surface area contributed by atoms with E-state index in [1.807, 2.05) is 48.6 Å². The maximum Gasteiger partial charge on any atom is -0.0111 e. The zero-order chi connectivity index (χ0) is 19.9. The molecule has 0 atom stereocenters. The van der Waals surface area contributed by atoms with E-state index in [0.29, 0.717) is 0 Å². The van der Waals surface area contributed by atoms with Gasteiger partial charge in [-0.3, -0.25) is 0 Å². The first-order chi connectivity index (χ1) is 13.7. The van der Waals surface area contributed by atoms with Gasteiger partial charge in [0.2, 0.25) is 0 Å². The second-order valence-electron chi connectivity index (χ2n) is 6.48. The molecule has 4 aromatic carbocycles. The molecule has 0 heteroatoms. The lowest BCUT2D eigenvalue weighted by atomic mass is 10.0. The normalized spacial score (nSPS) is 10.0. The predicted octanol–water partition coefficient (Wildman–Crippen LogP) is 8.25. The van der Waals surface area contributed by atoms with Gasteiger partial charge in [-0.15, -0.1) is 0 Å². The summed E-state index contributed by atoms with van der Waals surface area (Å²) in [5.74, 6) is 0. The summed E-state index contributed by atoms with van der Waals surface area (Å²) >= 11 is 0. The van der Waals surface area contributed by atoms with E-state index in [-0.39, 0.29) is 0 Å². The molecule has 28 heavy (non-hydrogen) atoms. The molecule has 0 nitrogen and oxygen atoms in total. The van der Waals surface area contributed by atoms with E-state index in [4.69, 9.17) is 0 Å². The van der Waals surface area contributed by atoms with E-state index < -0.39 is 0 Å². The summed E-state index contributed by atoms with van der Waals surface area (Å²) in [4.78, 5) is 0. The topological polar surface area (TPSA) is 0 Å². The van der Waals surface area contributed by atoms with Crippen LogP contribution in [0.4, 0.5) is 0 Å². The molecule has 136 valence electrons.